The minimum Gasteiger partial charge on any atom is -0.481 e. The number of ether oxygens (including phenoxy) is 1. The van der Waals surface area contributed by atoms with Crippen molar-refractivity contribution in [3.05, 3.63) is 18.2 Å². The molecule has 1 rings (SSSR count). The van der Waals surface area contributed by atoms with Gasteiger partial charge in [-0.15, -0.1) is 0 Å². The first-order valence-electron chi connectivity index (χ1n) is 7.52. The van der Waals surface area contributed by atoms with Gasteiger partial charge in [0.15, 0.2) is 0 Å². The van der Waals surface area contributed by atoms with Crippen molar-refractivity contribution < 1.29 is 19.4 Å². The molecule has 0 fully saturated rings. The highest BCUT2D eigenvalue weighted by Crippen LogP contribution is 2.23. The minimum absolute atomic E-state index is 0.103. The summed E-state index contributed by atoms with van der Waals surface area (Å²) >= 11 is 0. The molecule has 2 unspecified atom stereocenters. The number of esters is 1. The fraction of sp³-hybridized carbons (Fsp3) is 0.688. The van der Waals surface area contributed by atoms with Gasteiger partial charge in [0.05, 0.1) is 24.3 Å². The number of hydrogen-bond donors (Lipinski definition) is 1. The molecule has 0 saturated heterocycles. The highest BCUT2D eigenvalue weighted by atomic mass is 16.5. The summed E-state index contributed by atoms with van der Waals surface area (Å²) in [5.74, 6) is -2.00. The first kappa shape index (κ1) is 18.2. The lowest BCUT2D eigenvalue weighted by atomic mass is 9.87. The molecule has 0 aliphatic rings. The topological polar surface area (TPSA) is 81.4 Å². The van der Waals surface area contributed by atoms with E-state index >= 15 is 0 Å². The summed E-state index contributed by atoms with van der Waals surface area (Å²) in [6.45, 7) is 7.27. The molecule has 0 saturated carbocycles. The Kier molecular flexibility index (Phi) is 6.14. The molecule has 22 heavy (non-hydrogen) atoms. The molecule has 0 aliphatic heterocycles. The first-order valence-corrected chi connectivity index (χ1v) is 7.52. The van der Waals surface area contributed by atoms with Gasteiger partial charge in [-0.25, -0.2) is 4.98 Å². The van der Waals surface area contributed by atoms with Crippen molar-refractivity contribution in [3.8, 4) is 0 Å². The van der Waals surface area contributed by atoms with Crippen molar-refractivity contribution in [2.75, 3.05) is 6.61 Å². The average molecular weight is 310 g/mol. The van der Waals surface area contributed by atoms with Crippen LogP contribution < -0.4 is 0 Å². The predicted octanol–water partition coefficient (Wildman–Crippen LogP) is 2.28. The number of carboxylic acids is 1. The summed E-state index contributed by atoms with van der Waals surface area (Å²) in [6.07, 6.45) is 4.39. The number of aromatic nitrogens is 2. The minimum atomic E-state index is -0.860. The van der Waals surface area contributed by atoms with Crippen molar-refractivity contribution in [3.63, 3.8) is 0 Å². The summed E-state index contributed by atoms with van der Waals surface area (Å²) in [7, 11) is 1.86. The molecule has 0 bridgehead atoms. The third kappa shape index (κ3) is 4.86. The molecule has 6 nitrogen and oxygen atoms in total. The number of aryl methyl sites for hydroxylation is 1. The molecule has 0 radical (unpaired) electrons. The van der Waals surface area contributed by atoms with E-state index in [1.165, 1.54) is 0 Å². The monoisotopic (exact) mass is 310 g/mol. The number of nitrogens with zero attached hydrogens (tertiary/aromatic N) is 2. The zero-order valence-electron chi connectivity index (χ0n) is 14.0. The van der Waals surface area contributed by atoms with E-state index in [9.17, 15) is 14.7 Å². The number of imidazole rings is 1. The van der Waals surface area contributed by atoms with Crippen molar-refractivity contribution in [1.82, 2.24) is 9.55 Å². The van der Waals surface area contributed by atoms with Gasteiger partial charge in [0.2, 0.25) is 0 Å². The number of carboxylic acid groups (broad SMARTS) is 1. The Labute approximate surface area is 131 Å². The lowest BCUT2D eigenvalue weighted by Gasteiger charge is -2.25. The molecule has 1 aromatic heterocycles. The Bertz CT molecular complexity index is 516. The molecular weight excluding hydrogens is 284 g/mol. The van der Waals surface area contributed by atoms with E-state index in [0.29, 0.717) is 12.8 Å². The molecule has 6 heteroatoms. The standard InChI is InChI=1S/C16H26N2O4/c1-6-13(14(19)20)11(7-12-8-17-10-18(12)5)9-22-15(21)16(2,3)4/h8,10-11,13H,6-7,9H2,1-5H3,(H,19,20). The van der Waals surface area contributed by atoms with Gasteiger partial charge in [0.25, 0.3) is 0 Å². The van der Waals surface area contributed by atoms with Crippen LogP contribution >= 0.6 is 0 Å². The summed E-state index contributed by atoms with van der Waals surface area (Å²) in [4.78, 5) is 27.4. The first-order chi connectivity index (χ1) is 10.2. The lowest BCUT2D eigenvalue weighted by Crippen LogP contribution is -2.32. The number of hydrogen-bond acceptors (Lipinski definition) is 4. The Morgan fingerprint density at radius 3 is 2.45 bits per heavy atom. The van der Waals surface area contributed by atoms with Crippen molar-refractivity contribution >= 4 is 11.9 Å². The molecule has 1 aromatic rings. The molecule has 124 valence electrons. The summed E-state index contributed by atoms with van der Waals surface area (Å²) < 4.78 is 7.21. The second-order valence-corrected chi connectivity index (χ2v) is 6.66. The predicted molar refractivity (Wildman–Crippen MR) is 82.2 cm³/mol. The van der Waals surface area contributed by atoms with Gasteiger partial charge in [-0.1, -0.05) is 6.92 Å². The Hall–Kier alpha value is -1.85. The van der Waals surface area contributed by atoms with E-state index in [0.717, 1.165) is 5.69 Å². The van der Waals surface area contributed by atoms with Gasteiger partial charge < -0.3 is 14.4 Å². The van der Waals surface area contributed by atoms with Crippen LogP contribution in [0.15, 0.2) is 12.5 Å². The molecule has 0 amide bonds. The van der Waals surface area contributed by atoms with Crippen LogP contribution in [0.25, 0.3) is 0 Å². The quantitative estimate of drug-likeness (QED) is 0.781. The average Bonchev–Trinajstić information content (AvgIpc) is 2.80. The largest absolute Gasteiger partial charge is 0.481 e. The fourth-order valence-electron chi connectivity index (χ4n) is 2.28. The highest BCUT2D eigenvalue weighted by Gasteiger charge is 2.30. The Balaban J connectivity index is 2.85. The molecule has 0 spiro atoms. The summed E-state index contributed by atoms with van der Waals surface area (Å²) in [5.41, 5.74) is 0.332. The maximum Gasteiger partial charge on any atom is 0.311 e. The third-order valence-electron chi connectivity index (χ3n) is 3.75. The molecule has 0 aromatic carbocycles. The van der Waals surface area contributed by atoms with Gasteiger partial charge in [-0.05, 0) is 33.6 Å². The lowest BCUT2D eigenvalue weighted by molar-refractivity contribution is -0.157. The number of carbonyl (C=O) groups excluding carboxylic acids is 1. The molecule has 1 heterocycles. The van der Waals surface area contributed by atoms with Crippen LogP contribution in [0.4, 0.5) is 0 Å². The van der Waals surface area contributed by atoms with E-state index in [-0.39, 0.29) is 18.5 Å². The SMILES string of the molecule is CCC(C(=O)O)C(COC(=O)C(C)(C)C)Cc1cncn1C. The van der Waals surface area contributed by atoms with Crippen LogP contribution in [0.1, 0.15) is 39.8 Å². The second-order valence-electron chi connectivity index (χ2n) is 6.66. The normalized spacial score (nSPS) is 14.4. The van der Waals surface area contributed by atoms with Crippen LogP contribution in [-0.2, 0) is 27.8 Å². The van der Waals surface area contributed by atoms with Crippen molar-refractivity contribution in [2.24, 2.45) is 24.3 Å². The van der Waals surface area contributed by atoms with Gasteiger partial charge in [0, 0.05) is 24.9 Å². The maximum atomic E-state index is 11.9. The van der Waals surface area contributed by atoms with E-state index < -0.39 is 17.3 Å². The van der Waals surface area contributed by atoms with Crippen LogP contribution in [-0.4, -0.2) is 33.2 Å². The van der Waals surface area contributed by atoms with Gasteiger partial charge in [0.1, 0.15) is 0 Å². The van der Waals surface area contributed by atoms with Crippen molar-refractivity contribution in [2.45, 2.75) is 40.5 Å². The zero-order chi connectivity index (χ0) is 16.9. The van der Waals surface area contributed by atoms with Crippen LogP contribution in [0.3, 0.4) is 0 Å². The van der Waals surface area contributed by atoms with E-state index in [1.54, 1.807) is 33.3 Å². The van der Waals surface area contributed by atoms with E-state index in [4.69, 9.17) is 4.74 Å². The molecule has 1 N–H and O–H groups in total. The zero-order valence-corrected chi connectivity index (χ0v) is 14.0. The number of aliphatic carboxylic acids is 1. The fourth-order valence-corrected chi connectivity index (χ4v) is 2.28. The number of rotatable bonds is 7. The molecule has 0 aliphatic carbocycles. The molecular formula is C16H26N2O4. The van der Waals surface area contributed by atoms with E-state index in [1.807, 2.05) is 18.5 Å². The molecule has 2 atom stereocenters. The van der Waals surface area contributed by atoms with Crippen LogP contribution in [0.2, 0.25) is 0 Å². The Morgan fingerprint density at radius 2 is 2.05 bits per heavy atom. The number of carbonyl (C=O) groups is 2. The van der Waals surface area contributed by atoms with Gasteiger partial charge in [-0.3, -0.25) is 9.59 Å². The summed E-state index contributed by atoms with van der Waals surface area (Å²) in [6, 6.07) is 0. The summed E-state index contributed by atoms with van der Waals surface area (Å²) in [5, 5.41) is 9.40. The van der Waals surface area contributed by atoms with Crippen LogP contribution in [0.5, 0.6) is 0 Å². The van der Waals surface area contributed by atoms with Crippen molar-refractivity contribution in [1.29, 1.82) is 0 Å². The van der Waals surface area contributed by atoms with E-state index in [2.05, 4.69) is 4.98 Å². The third-order valence-corrected chi connectivity index (χ3v) is 3.75. The second kappa shape index (κ2) is 7.42. The van der Waals surface area contributed by atoms with Gasteiger partial charge >= 0.3 is 11.9 Å². The van der Waals surface area contributed by atoms with Gasteiger partial charge in [-0.2, -0.15) is 0 Å². The Morgan fingerprint density at radius 1 is 1.41 bits per heavy atom. The smallest absolute Gasteiger partial charge is 0.311 e. The highest BCUT2D eigenvalue weighted by molar-refractivity contribution is 5.75. The maximum absolute atomic E-state index is 11.9. The van der Waals surface area contributed by atoms with Crippen LogP contribution in [0, 0.1) is 17.3 Å².